The van der Waals surface area contributed by atoms with Crippen LogP contribution in [0.4, 0.5) is 0 Å². The van der Waals surface area contributed by atoms with Gasteiger partial charge >= 0.3 is 0 Å². The minimum absolute atomic E-state index is 0.634. The van der Waals surface area contributed by atoms with E-state index in [2.05, 4.69) is 26.0 Å². The van der Waals surface area contributed by atoms with E-state index in [0.717, 1.165) is 19.5 Å². The average Bonchev–Trinajstić information content (AvgIpc) is 2.31. The molecule has 10 heavy (non-hydrogen) atoms. The van der Waals surface area contributed by atoms with Crippen LogP contribution in [0.15, 0.2) is 12.2 Å². The van der Waals surface area contributed by atoms with Gasteiger partial charge in [0.2, 0.25) is 0 Å². The lowest BCUT2D eigenvalue weighted by molar-refractivity contribution is 0.711. The summed E-state index contributed by atoms with van der Waals surface area (Å²) < 4.78 is 7.35. The third-order valence-electron chi connectivity index (χ3n) is 1.79. The molecule has 1 heteroatoms. The summed E-state index contributed by atoms with van der Waals surface area (Å²) >= 11 is 0. The summed E-state index contributed by atoms with van der Waals surface area (Å²) in [5, 5.41) is 1.65. The predicted octanol–water partition coefficient (Wildman–Crippen LogP) is 1.81. The van der Waals surface area contributed by atoms with Crippen molar-refractivity contribution in [3.63, 3.8) is 0 Å². The van der Waals surface area contributed by atoms with Crippen molar-refractivity contribution in [2.24, 2.45) is 11.8 Å². The highest BCUT2D eigenvalue weighted by molar-refractivity contribution is 4.93. The van der Waals surface area contributed by atoms with Crippen LogP contribution < -0.4 is 5.31 Å². The molecule has 0 aromatic rings. The van der Waals surface area contributed by atoms with Gasteiger partial charge in [-0.1, -0.05) is 26.0 Å². The summed E-state index contributed by atoms with van der Waals surface area (Å²) in [6, 6.07) is 0. The molecule has 1 rings (SSSR count). The predicted molar refractivity (Wildman–Crippen MR) is 45.0 cm³/mol. The molecule has 0 radical (unpaired) electrons. The van der Waals surface area contributed by atoms with Gasteiger partial charge in [0.25, 0.3) is 0 Å². The number of hydrogen-bond donors (Lipinski definition) is 1. The Hall–Kier alpha value is -0.300. The Balaban J connectivity index is 2.28. The van der Waals surface area contributed by atoms with Gasteiger partial charge in [-0.3, -0.25) is 0 Å². The molecule has 0 spiro atoms. The van der Waals surface area contributed by atoms with E-state index < -0.39 is 0 Å². The lowest BCUT2D eigenvalue weighted by Gasteiger charge is -2.00. The zero-order chi connectivity index (χ0) is 8.27. The number of hydrogen-bond acceptors (Lipinski definition) is 1. The first-order valence-electron chi connectivity index (χ1n) is 4.55. The molecule has 1 nitrogen and oxygen atoms in total. The van der Waals surface area contributed by atoms with Crippen LogP contribution in [0.2, 0.25) is 1.41 Å². The fourth-order valence-electron chi connectivity index (χ4n) is 1.14. The van der Waals surface area contributed by atoms with Crippen LogP contribution in [0.25, 0.3) is 0 Å². The van der Waals surface area contributed by atoms with Gasteiger partial charge < -0.3 is 5.31 Å². The van der Waals surface area contributed by atoms with Crippen molar-refractivity contribution in [1.29, 1.82) is 0 Å². The van der Waals surface area contributed by atoms with Crippen molar-refractivity contribution in [2.75, 3.05) is 13.1 Å². The van der Waals surface area contributed by atoms with E-state index in [9.17, 15) is 0 Å². The lowest BCUT2D eigenvalue weighted by Crippen LogP contribution is -2.07. The van der Waals surface area contributed by atoms with Crippen molar-refractivity contribution in [1.82, 2.24) is 5.31 Å². The maximum Gasteiger partial charge on any atom is 0.122 e. The van der Waals surface area contributed by atoms with E-state index in [1.807, 2.05) is 0 Å². The number of allylic oxidation sites excluding steroid dienone is 1. The van der Waals surface area contributed by atoms with E-state index in [1.165, 1.54) is 0 Å². The van der Waals surface area contributed by atoms with Crippen molar-refractivity contribution < 1.29 is 1.41 Å². The molecule has 1 aliphatic rings. The van der Waals surface area contributed by atoms with E-state index in [-0.39, 0.29) is 0 Å². The molecule has 0 aromatic heterocycles. The summed E-state index contributed by atoms with van der Waals surface area (Å²) in [5.74, 6) is 1.28. The quantitative estimate of drug-likeness (QED) is 0.577. The van der Waals surface area contributed by atoms with Gasteiger partial charge in [0.1, 0.15) is 1.41 Å². The van der Waals surface area contributed by atoms with Crippen LogP contribution in [0, 0.1) is 11.8 Å². The first-order valence-corrected chi connectivity index (χ1v) is 4.10. The van der Waals surface area contributed by atoms with Gasteiger partial charge in [0.05, 0.1) is 0 Å². The molecule has 0 aromatic carbocycles. The van der Waals surface area contributed by atoms with Crippen LogP contribution in [0.3, 0.4) is 0 Å². The summed E-state index contributed by atoms with van der Waals surface area (Å²) in [6.45, 7) is 6.23. The molecule has 1 unspecified atom stereocenters. The molecule has 0 amide bonds. The summed E-state index contributed by atoms with van der Waals surface area (Å²) in [4.78, 5) is 0. The molecule has 0 aliphatic carbocycles. The molecule has 0 saturated carbocycles. The Morgan fingerprint density at radius 2 is 2.50 bits per heavy atom. The van der Waals surface area contributed by atoms with Crippen molar-refractivity contribution in [3.8, 4) is 0 Å². The Bertz CT molecular complexity index is 142. The van der Waals surface area contributed by atoms with E-state index in [0.29, 0.717) is 11.8 Å². The summed E-state index contributed by atoms with van der Waals surface area (Å²) in [7, 11) is 0. The highest BCUT2D eigenvalue weighted by Gasteiger charge is 2.09. The van der Waals surface area contributed by atoms with Gasteiger partial charge in [-0.05, 0) is 24.8 Å². The van der Waals surface area contributed by atoms with Crippen LogP contribution in [0.1, 0.15) is 20.3 Å². The second kappa shape index (κ2) is 3.77. The van der Waals surface area contributed by atoms with Gasteiger partial charge in [-0.15, -0.1) is 0 Å². The van der Waals surface area contributed by atoms with Crippen LogP contribution in [-0.4, -0.2) is 13.1 Å². The van der Waals surface area contributed by atoms with Crippen molar-refractivity contribution in [3.05, 3.63) is 12.2 Å². The average molecular weight is 140 g/mol. The van der Waals surface area contributed by atoms with E-state index in [1.54, 1.807) is 5.31 Å². The van der Waals surface area contributed by atoms with E-state index >= 15 is 0 Å². The number of nitrogens with one attached hydrogen (secondary N) is 1. The second-order valence-corrected chi connectivity index (χ2v) is 3.31. The fraction of sp³-hybridized carbons (Fsp3) is 0.778. The fourth-order valence-corrected chi connectivity index (χ4v) is 1.14. The molecule has 1 saturated heterocycles. The van der Waals surface area contributed by atoms with Gasteiger partial charge in [0, 0.05) is 6.54 Å². The van der Waals surface area contributed by atoms with Crippen molar-refractivity contribution in [2.45, 2.75) is 20.3 Å². The van der Waals surface area contributed by atoms with Crippen LogP contribution in [0.5, 0.6) is 0 Å². The summed E-state index contributed by atoms with van der Waals surface area (Å²) in [6.07, 6.45) is 5.66. The zero-order valence-electron chi connectivity index (χ0n) is 7.88. The SMILES string of the molecule is [2H]N1CCC(/C=C/C(C)C)C1. The van der Waals surface area contributed by atoms with Gasteiger partial charge in [0.15, 0.2) is 0 Å². The highest BCUT2D eigenvalue weighted by Crippen LogP contribution is 2.09. The molecular weight excluding hydrogens is 122 g/mol. The Kier molecular flexibility index (Phi) is 2.42. The molecule has 0 bridgehead atoms. The summed E-state index contributed by atoms with van der Waals surface area (Å²) in [5.41, 5.74) is 0. The van der Waals surface area contributed by atoms with Crippen molar-refractivity contribution >= 4 is 0 Å². The molecule has 58 valence electrons. The van der Waals surface area contributed by atoms with Crippen LogP contribution in [-0.2, 0) is 0 Å². The van der Waals surface area contributed by atoms with E-state index in [4.69, 9.17) is 1.41 Å². The lowest BCUT2D eigenvalue weighted by atomic mass is 10.1. The minimum atomic E-state index is 0.634. The smallest absolute Gasteiger partial charge is 0.122 e. The maximum absolute atomic E-state index is 7.35. The first-order chi connectivity index (χ1) is 5.18. The third-order valence-corrected chi connectivity index (χ3v) is 1.79. The van der Waals surface area contributed by atoms with Gasteiger partial charge in [-0.2, -0.15) is 0 Å². The first kappa shape index (κ1) is 6.41. The van der Waals surface area contributed by atoms with Gasteiger partial charge in [-0.25, -0.2) is 0 Å². The topological polar surface area (TPSA) is 12.0 Å². The minimum Gasteiger partial charge on any atom is -0.316 e. The molecule has 1 N–H and O–H groups in total. The molecule has 1 atom stereocenters. The standard InChI is InChI=1S/C9H17N/c1-8(2)3-4-9-5-6-10-7-9/h3-4,8-10H,5-7H2,1-2H3/b4-3+/i/hD. The highest BCUT2D eigenvalue weighted by atomic mass is 14.9. The number of rotatable bonds is 2. The largest absolute Gasteiger partial charge is 0.316 e. The zero-order valence-corrected chi connectivity index (χ0v) is 6.88. The maximum atomic E-state index is 7.35. The van der Waals surface area contributed by atoms with Crippen LogP contribution >= 0.6 is 0 Å². The monoisotopic (exact) mass is 140 g/mol. The second-order valence-electron chi connectivity index (χ2n) is 3.31. The Labute approximate surface area is 65.0 Å². The Morgan fingerprint density at radius 1 is 1.70 bits per heavy atom. The molecule has 1 aliphatic heterocycles. The molecule has 1 heterocycles. The Morgan fingerprint density at radius 3 is 3.00 bits per heavy atom. The molecule has 1 fully saturated rings. The molecular formula is C9H17N. The third kappa shape index (κ3) is 2.53. The normalized spacial score (nSPS) is 30.3.